The largest absolute Gasteiger partial charge is 0.468 e. The van der Waals surface area contributed by atoms with Gasteiger partial charge in [0.05, 0.1) is 12.3 Å². The molecule has 10 nitrogen and oxygen atoms in total. The molecule has 0 spiro atoms. The van der Waals surface area contributed by atoms with Gasteiger partial charge in [-0.15, -0.1) is 0 Å². The summed E-state index contributed by atoms with van der Waals surface area (Å²) >= 11 is 0. The van der Waals surface area contributed by atoms with Crippen LogP contribution in [0.15, 0.2) is 40.0 Å². The van der Waals surface area contributed by atoms with Crippen LogP contribution in [-0.2, 0) is 21.9 Å². The lowest BCUT2D eigenvalue weighted by atomic mass is 9.97. The van der Waals surface area contributed by atoms with Gasteiger partial charge in [-0.05, 0) is 57.0 Å². The number of nitrogens with zero attached hydrogens (tertiary/aromatic N) is 3. The normalized spacial score (nSPS) is 19.7. The van der Waals surface area contributed by atoms with E-state index in [9.17, 15) is 18.0 Å². The Morgan fingerprint density at radius 3 is 2.47 bits per heavy atom. The van der Waals surface area contributed by atoms with E-state index < -0.39 is 15.9 Å². The molecule has 34 heavy (non-hydrogen) atoms. The Morgan fingerprint density at radius 2 is 1.88 bits per heavy atom. The van der Waals surface area contributed by atoms with Crippen LogP contribution in [0.5, 0.6) is 0 Å². The molecule has 2 aliphatic rings. The van der Waals surface area contributed by atoms with E-state index in [4.69, 9.17) is 10.2 Å². The lowest BCUT2D eigenvalue weighted by molar-refractivity contribution is -0.126. The number of hydrogen-bond acceptors (Lipinski definition) is 6. The van der Waals surface area contributed by atoms with Gasteiger partial charge in [0, 0.05) is 38.8 Å². The first-order valence-corrected chi connectivity index (χ1v) is 13.2. The highest BCUT2D eigenvalue weighted by Gasteiger charge is 2.34. The second-order valence-corrected chi connectivity index (χ2v) is 11.0. The zero-order chi connectivity index (χ0) is 24.3. The van der Waals surface area contributed by atoms with Crippen LogP contribution in [0.3, 0.4) is 0 Å². The van der Waals surface area contributed by atoms with E-state index in [0.29, 0.717) is 19.4 Å². The highest BCUT2D eigenvalue weighted by molar-refractivity contribution is 7.89. The predicted molar refractivity (Wildman–Crippen MR) is 125 cm³/mol. The van der Waals surface area contributed by atoms with Crippen molar-refractivity contribution in [3.63, 3.8) is 0 Å². The monoisotopic (exact) mass is 491 g/mol. The Hall–Kier alpha value is -2.63. The first-order chi connectivity index (χ1) is 16.3. The van der Waals surface area contributed by atoms with Gasteiger partial charge in [-0.2, -0.15) is 4.31 Å². The summed E-state index contributed by atoms with van der Waals surface area (Å²) in [5.74, 6) is -0.138. The van der Waals surface area contributed by atoms with Crippen LogP contribution in [0.1, 0.15) is 54.4 Å². The molecule has 4 heterocycles. The van der Waals surface area contributed by atoms with Crippen LogP contribution in [0.25, 0.3) is 0 Å². The van der Waals surface area contributed by atoms with Gasteiger partial charge in [0.1, 0.15) is 16.3 Å². The maximum Gasteiger partial charge on any atom is 0.265 e. The highest BCUT2D eigenvalue weighted by atomic mass is 32.2. The van der Waals surface area contributed by atoms with E-state index in [-0.39, 0.29) is 41.5 Å². The topological polar surface area (TPSA) is 131 Å². The molecule has 2 fully saturated rings. The van der Waals surface area contributed by atoms with Crippen LogP contribution in [0.4, 0.5) is 0 Å². The number of hydrogen-bond donors (Lipinski definition) is 2. The minimum absolute atomic E-state index is 0.00255. The number of primary amides is 1. The van der Waals surface area contributed by atoms with Crippen LogP contribution >= 0.6 is 0 Å². The molecule has 3 N–H and O–H groups in total. The van der Waals surface area contributed by atoms with Crippen molar-refractivity contribution < 1.29 is 22.4 Å². The number of amides is 2. The summed E-state index contributed by atoms with van der Waals surface area (Å²) in [5, 5.41) is 3.08. The second-order valence-electron chi connectivity index (χ2n) is 9.09. The SMILES string of the molecule is Cn1cc(S(=O)(=O)N2CCC(C(=O)NC[C@@H](c3ccco3)N3CCCCC3)CC2)cc1C(N)=O. The van der Waals surface area contributed by atoms with Crippen molar-refractivity contribution in [1.82, 2.24) is 19.1 Å². The Labute approximate surface area is 200 Å². The summed E-state index contributed by atoms with van der Waals surface area (Å²) in [5.41, 5.74) is 5.44. The summed E-state index contributed by atoms with van der Waals surface area (Å²) < 4.78 is 34.5. The third-order valence-corrected chi connectivity index (χ3v) is 8.73. The number of carbonyl (C=O) groups is 2. The molecule has 2 aliphatic heterocycles. The Bertz CT molecular complexity index is 1100. The molecule has 4 rings (SSSR count). The van der Waals surface area contributed by atoms with Gasteiger partial charge in [-0.1, -0.05) is 6.42 Å². The molecule has 1 atom stereocenters. The molecule has 2 amide bonds. The summed E-state index contributed by atoms with van der Waals surface area (Å²) in [6.45, 7) is 2.91. The van der Waals surface area contributed by atoms with E-state index in [0.717, 1.165) is 31.7 Å². The van der Waals surface area contributed by atoms with E-state index in [1.807, 2.05) is 12.1 Å². The molecule has 0 unspecified atom stereocenters. The first-order valence-electron chi connectivity index (χ1n) is 11.8. The van der Waals surface area contributed by atoms with E-state index in [1.54, 1.807) is 13.3 Å². The zero-order valence-corrected chi connectivity index (χ0v) is 20.3. The minimum atomic E-state index is -3.76. The van der Waals surface area contributed by atoms with Crippen LogP contribution in [0, 0.1) is 5.92 Å². The van der Waals surface area contributed by atoms with Crippen molar-refractivity contribution in [2.75, 3.05) is 32.7 Å². The third kappa shape index (κ3) is 5.21. The van der Waals surface area contributed by atoms with Crippen molar-refractivity contribution in [2.24, 2.45) is 18.7 Å². The quantitative estimate of drug-likeness (QED) is 0.575. The molecule has 2 aromatic heterocycles. The van der Waals surface area contributed by atoms with E-state index in [2.05, 4.69) is 10.2 Å². The fourth-order valence-corrected chi connectivity index (χ4v) is 6.43. The zero-order valence-electron chi connectivity index (χ0n) is 19.5. The molecule has 0 saturated carbocycles. The first kappa shape index (κ1) is 24.5. The summed E-state index contributed by atoms with van der Waals surface area (Å²) in [7, 11) is -2.18. The van der Waals surface area contributed by atoms with Gasteiger partial charge >= 0.3 is 0 Å². The summed E-state index contributed by atoms with van der Waals surface area (Å²) in [6.07, 6.45) is 7.43. The number of carbonyl (C=O) groups excluding carboxylic acids is 2. The molecule has 0 aromatic carbocycles. The lowest BCUT2D eigenvalue weighted by Gasteiger charge is -2.34. The number of rotatable bonds is 8. The average molecular weight is 492 g/mol. The number of furan rings is 1. The van der Waals surface area contributed by atoms with Gasteiger partial charge in [0.25, 0.3) is 5.91 Å². The molecule has 0 radical (unpaired) electrons. The minimum Gasteiger partial charge on any atom is -0.468 e. The number of piperidine rings is 2. The molecular formula is C23H33N5O5S. The number of sulfonamides is 1. The fourth-order valence-electron chi connectivity index (χ4n) is 4.89. The number of likely N-dealkylation sites (tertiary alicyclic amines) is 1. The number of nitrogens with two attached hydrogens (primary N) is 1. The number of aromatic nitrogens is 1. The summed E-state index contributed by atoms with van der Waals surface area (Å²) in [4.78, 5) is 26.8. The second kappa shape index (κ2) is 10.3. The predicted octanol–water partition coefficient (Wildman–Crippen LogP) is 1.46. The van der Waals surface area contributed by atoms with Gasteiger partial charge in [-0.25, -0.2) is 8.42 Å². The highest BCUT2D eigenvalue weighted by Crippen LogP contribution is 2.27. The lowest BCUT2D eigenvalue weighted by Crippen LogP contribution is -2.45. The van der Waals surface area contributed by atoms with Crippen molar-refractivity contribution in [3.8, 4) is 0 Å². The van der Waals surface area contributed by atoms with Crippen molar-refractivity contribution in [3.05, 3.63) is 42.1 Å². The van der Waals surface area contributed by atoms with Gasteiger partial charge in [-0.3, -0.25) is 14.5 Å². The maximum absolute atomic E-state index is 13.0. The smallest absolute Gasteiger partial charge is 0.265 e. The van der Waals surface area contributed by atoms with Gasteiger partial charge in [0.2, 0.25) is 15.9 Å². The Balaban J connectivity index is 1.34. The molecule has 0 bridgehead atoms. The Kier molecular flexibility index (Phi) is 7.44. The average Bonchev–Trinajstić information content (AvgIpc) is 3.50. The van der Waals surface area contributed by atoms with Crippen molar-refractivity contribution >= 4 is 21.8 Å². The molecule has 11 heteroatoms. The van der Waals surface area contributed by atoms with Crippen molar-refractivity contribution in [2.45, 2.75) is 43.0 Å². The molecule has 2 saturated heterocycles. The fraction of sp³-hybridized carbons (Fsp3) is 0.565. The van der Waals surface area contributed by atoms with Crippen LogP contribution in [0.2, 0.25) is 0 Å². The summed E-state index contributed by atoms with van der Waals surface area (Å²) in [6, 6.07) is 5.11. The van der Waals surface area contributed by atoms with Crippen LogP contribution < -0.4 is 11.1 Å². The standard InChI is InChI=1S/C23H33N5O5S/c1-26-16-18(14-19(26)22(24)29)34(31,32)28-11-7-17(8-12-28)23(30)25-15-20(21-6-5-13-33-21)27-9-3-2-4-10-27/h5-6,13-14,16-17,20H,2-4,7-12,15H2,1H3,(H2,24,29)(H,25,30)/t20-/m0/s1. The number of nitrogens with one attached hydrogen (secondary N) is 1. The molecule has 2 aromatic rings. The van der Waals surface area contributed by atoms with Gasteiger partial charge < -0.3 is 20.0 Å². The molecular weight excluding hydrogens is 458 g/mol. The van der Waals surface area contributed by atoms with E-state index in [1.165, 1.54) is 27.6 Å². The number of aryl methyl sites for hydroxylation is 1. The maximum atomic E-state index is 13.0. The van der Waals surface area contributed by atoms with Crippen molar-refractivity contribution in [1.29, 1.82) is 0 Å². The van der Waals surface area contributed by atoms with Crippen LogP contribution in [-0.4, -0.2) is 66.7 Å². The Morgan fingerprint density at radius 1 is 1.18 bits per heavy atom. The van der Waals surface area contributed by atoms with E-state index >= 15 is 0 Å². The molecule has 0 aliphatic carbocycles. The molecule has 186 valence electrons. The third-order valence-electron chi connectivity index (χ3n) is 6.87. The van der Waals surface area contributed by atoms with Gasteiger partial charge in [0.15, 0.2) is 0 Å².